The van der Waals surface area contributed by atoms with E-state index in [1.54, 1.807) is 27.7 Å². The Morgan fingerprint density at radius 1 is 0.714 bits per heavy atom. The van der Waals surface area contributed by atoms with Crippen molar-refractivity contribution in [3.8, 4) is 11.5 Å². The Balaban J connectivity index is 1.24. The number of allylic oxidation sites excluding steroid dienone is 1. The molecule has 0 saturated heterocycles. The van der Waals surface area contributed by atoms with Crippen LogP contribution in [-0.2, 0) is 9.59 Å². The highest BCUT2D eigenvalue weighted by Gasteiger charge is 2.60. The van der Waals surface area contributed by atoms with Gasteiger partial charge in [-0.2, -0.15) is 0 Å². The Morgan fingerprint density at radius 2 is 1.25 bits per heavy atom. The molecule has 4 aliphatic carbocycles. The number of carbonyl (C=O) groups excluding carboxylic acids is 2. The van der Waals surface area contributed by atoms with Crippen LogP contribution >= 0.6 is 23.2 Å². The third kappa shape index (κ3) is 10.4. The summed E-state index contributed by atoms with van der Waals surface area (Å²) in [6.45, 7) is 19.1. The minimum absolute atomic E-state index is 0.0775. The number of aromatic carboxylic acids is 2. The van der Waals surface area contributed by atoms with Crippen LogP contribution in [0.5, 0.6) is 11.5 Å². The van der Waals surface area contributed by atoms with Gasteiger partial charge >= 0.3 is 23.9 Å². The molecule has 0 unspecified atom stereocenters. The number of hydrogen-bond acceptors (Lipinski definition) is 6. The maximum atomic E-state index is 12.6. The van der Waals surface area contributed by atoms with Crippen LogP contribution in [0.15, 0.2) is 30.3 Å². The van der Waals surface area contributed by atoms with Gasteiger partial charge in [0.25, 0.3) is 0 Å². The first-order chi connectivity index (χ1) is 29.7. The van der Waals surface area contributed by atoms with Crippen molar-refractivity contribution in [1.82, 2.24) is 0 Å². The van der Waals surface area contributed by atoms with E-state index in [4.69, 9.17) is 32.7 Å². The van der Waals surface area contributed by atoms with Gasteiger partial charge in [-0.25, -0.2) is 9.59 Å². The van der Waals surface area contributed by atoms with Crippen molar-refractivity contribution in [2.45, 2.75) is 152 Å². The van der Waals surface area contributed by atoms with Gasteiger partial charge in [0, 0.05) is 0 Å². The predicted molar refractivity (Wildman–Crippen MR) is 251 cm³/mol. The molecule has 0 spiro atoms. The van der Waals surface area contributed by atoms with Crippen LogP contribution in [0.2, 0.25) is 10.0 Å². The molecule has 4 aliphatic rings. The molecule has 10 heteroatoms. The van der Waals surface area contributed by atoms with Crippen molar-refractivity contribution in [1.29, 1.82) is 0 Å². The van der Waals surface area contributed by atoms with E-state index in [1.165, 1.54) is 94.9 Å². The lowest BCUT2D eigenvalue weighted by molar-refractivity contribution is -0.138. The Hall–Kier alpha value is -3.36. The fourth-order valence-electron chi connectivity index (χ4n) is 13.0. The molecule has 63 heavy (non-hydrogen) atoms. The van der Waals surface area contributed by atoms with Gasteiger partial charge < -0.3 is 19.7 Å². The summed E-state index contributed by atoms with van der Waals surface area (Å²) < 4.78 is 10.9. The highest BCUT2D eigenvalue weighted by molar-refractivity contribution is 6.33. The predicted octanol–water partition coefficient (Wildman–Crippen LogP) is 14.5. The van der Waals surface area contributed by atoms with Crippen molar-refractivity contribution < 1.29 is 38.9 Å². The summed E-state index contributed by atoms with van der Waals surface area (Å²) in [5.41, 5.74) is 1.52. The van der Waals surface area contributed by atoms with Crippen LogP contribution in [0.3, 0.4) is 0 Å². The smallest absolute Gasteiger partial charge is 0.339 e. The molecule has 4 fully saturated rings. The van der Waals surface area contributed by atoms with E-state index >= 15 is 0 Å². The molecule has 2 aromatic carbocycles. The van der Waals surface area contributed by atoms with Crippen LogP contribution in [0.25, 0.3) is 5.57 Å². The largest absolute Gasteiger partial charge is 0.478 e. The van der Waals surface area contributed by atoms with E-state index in [1.807, 2.05) is 6.08 Å². The molecule has 0 amide bonds. The normalized spacial score (nSPS) is 28.2. The number of hydrogen-bond donors (Lipinski definition) is 2. The zero-order valence-electron chi connectivity index (χ0n) is 39.2. The number of halogens is 2. The quantitative estimate of drug-likeness (QED) is 0.126. The van der Waals surface area contributed by atoms with E-state index < -0.39 is 35.7 Å². The summed E-state index contributed by atoms with van der Waals surface area (Å²) in [7, 11) is 0. The molecule has 8 nitrogen and oxygen atoms in total. The first-order valence-electron chi connectivity index (χ1n) is 23.9. The number of rotatable bonds is 16. The Morgan fingerprint density at radius 3 is 1.78 bits per heavy atom. The van der Waals surface area contributed by atoms with E-state index in [0.29, 0.717) is 45.8 Å². The van der Waals surface area contributed by atoms with E-state index in [9.17, 15) is 29.4 Å². The molecule has 2 aromatic rings. The highest BCUT2D eigenvalue weighted by atomic mass is 35.5. The molecule has 0 aromatic heterocycles. The molecule has 6 rings (SSSR count). The van der Waals surface area contributed by atoms with Gasteiger partial charge in [0.2, 0.25) is 0 Å². The average Bonchev–Trinajstić information content (AvgIpc) is 3.57. The summed E-state index contributed by atoms with van der Waals surface area (Å²) >= 11 is 13.4. The maximum absolute atomic E-state index is 12.6. The molecular formula is C53H72Cl2O8. The summed E-state index contributed by atoms with van der Waals surface area (Å²) in [4.78, 5) is 50.4. The summed E-state index contributed by atoms with van der Waals surface area (Å²) in [6, 6.07) is 5.85. The van der Waals surface area contributed by atoms with Crippen LogP contribution in [-0.4, -0.2) is 34.1 Å². The number of esters is 2. The number of fused-ring (bicyclic) bond motifs is 5. The molecular weight excluding hydrogens is 835 g/mol. The molecule has 346 valence electrons. The molecule has 0 heterocycles. The second-order valence-electron chi connectivity index (χ2n) is 21.5. The second kappa shape index (κ2) is 20.0. The Bertz CT molecular complexity index is 1980. The summed E-state index contributed by atoms with van der Waals surface area (Å²) in [6.07, 6.45) is 19.4. The third-order valence-corrected chi connectivity index (χ3v) is 17.0. The maximum Gasteiger partial charge on any atom is 0.339 e. The van der Waals surface area contributed by atoms with Gasteiger partial charge in [-0.15, -0.1) is 0 Å². The Labute approximate surface area is 386 Å². The fourth-order valence-corrected chi connectivity index (χ4v) is 13.5. The highest BCUT2D eigenvalue weighted by Crippen LogP contribution is 2.69. The Kier molecular flexibility index (Phi) is 15.6. The lowest BCUT2D eigenvalue weighted by Gasteiger charge is -2.61. The van der Waals surface area contributed by atoms with Gasteiger partial charge in [-0.3, -0.25) is 9.59 Å². The van der Waals surface area contributed by atoms with Crippen molar-refractivity contribution in [3.63, 3.8) is 0 Å². The van der Waals surface area contributed by atoms with Crippen LogP contribution in [0, 0.1) is 70.0 Å². The van der Waals surface area contributed by atoms with Crippen molar-refractivity contribution in [2.75, 3.05) is 0 Å². The molecule has 2 N–H and O–H groups in total. The van der Waals surface area contributed by atoms with Crippen molar-refractivity contribution in [2.24, 2.45) is 70.0 Å². The SMILES string of the molecule is CC(C)CCC[C@@H](C)[C@H]1CC[C@H]2[C@@H]3CC[C@H]4C[C@@H](CCC=C(c5cc(Cl)c(OC(=O)C(C)C)c(C(=O)O)c5)c5cc(Cl)c(OC(=O)C(C)C)c(C(=O)O)c5)CC[C@]4(C)[C@H]3CC[C@]12C. The summed E-state index contributed by atoms with van der Waals surface area (Å²) in [5.74, 6) is 0.629. The number of carboxylic acid groups (broad SMARTS) is 2. The van der Waals surface area contributed by atoms with Crippen LogP contribution in [0.1, 0.15) is 184 Å². The molecule has 0 aliphatic heterocycles. The second-order valence-corrected chi connectivity index (χ2v) is 22.3. The standard InChI is InChI=1S/C53H72Cl2O8/c1-29(2)12-10-13-32(7)41-18-19-42-38-17-16-36-24-33(20-22-52(36,8)43(38)21-23-53(41,42)9)14-11-15-37(34-25-39(48(56)57)46(44(54)27-34)62-50(60)30(3)4)35-26-40(49(58)59)47(45(55)28-35)63-51(61)31(5)6/h15,25-33,36,38,41-43H,10-14,16-24H2,1-9H3,(H,56,57)(H,58,59)/t32-,33+,36+,38+,41-,42+,43+,52+,53-/m1/s1. The first kappa shape index (κ1) is 49.1. The van der Waals surface area contributed by atoms with Crippen LogP contribution < -0.4 is 9.47 Å². The zero-order chi connectivity index (χ0) is 46.1. The van der Waals surface area contributed by atoms with Crippen molar-refractivity contribution in [3.05, 3.63) is 62.6 Å². The van der Waals surface area contributed by atoms with Gasteiger partial charge in [0.15, 0.2) is 11.5 Å². The fraction of sp³-hybridized carbons (Fsp3) is 0.660. The van der Waals surface area contributed by atoms with Gasteiger partial charge in [0.1, 0.15) is 11.1 Å². The minimum Gasteiger partial charge on any atom is -0.478 e. The lowest BCUT2D eigenvalue weighted by atomic mass is 9.44. The van der Waals surface area contributed by atoms with E-state index in [-0.39, 0.29) is 32.7 Å². The molecule has 0 radical (unpaired) electrons. The monoisotopic (exact) mass is 906 g/mol. The lowest BCUT2D eigenvalue weighted by Crippen LogP contribution is -2.53. The van der Waals surface area contributed by atoms with Gasteiger partial charge in [-0.05, 0) is 170 Å². The van der Waals surface area contributed by atoms with Gasteiger partial charge in [0.05, 0.1) is 21.9 Å². The van der Waals surface area contributed by atoms with Crippen molar-refractivity contribution >= 4 is 52.7 Å². The van der Waals surface area contributed by atoms with Gasteiger partial charge in [-0.1, -0.05) is 111 Å². The number of carboxylic acids is 2. The van der Waals surface area contributed by atoms with Crippen LogP contribution in [0.4, 0.5) is 0 Å². The van der Waals surface area contributed by atoms with E-state index in [0.717, 1.165) is 48.3 Å². The average molecular weight is 908 g/mol. The number of ether oxygens (including phenoxy) is 2. The first-order valence-corrected chi connectivity index (χ1v) is 24.7. The topological polar surface area (TPSA) is 127 Å². The third-order valence-electron chi connectivity index (χ3n) is 16.4. The molecule has 4 saturated carbocycles. The van der Waals surface area contributed by atoms with E-state index in [2.05, 4.69) is 34.6 Å². The molecule has 9 atom stereocenters. The minimum atomic E-state index is -1.34. The molecule has 0 bridgehead atoms. The zero-order valence-corrected chi connectivity index (χ0v) is 40.7. The number of carbonyl (C=O) groups is 4. The number of benzene rings is 2. The summed E-state index contributed by atoms with van der Waals surface area (Å²) in [5, 5.41) is 20.4.